The van der Waals surface area contributed by atoms with Gasteiger partial charge in [0.25, 0.3) is 5.91 Å². The Kier molecular flexibility index (Phi) is 3.74. The molecule has 1 aromatic carbocycles. The number of likely N-dealkylation sites (N-methyl/N-ethyl adjacent to an activating group) is 1. The number of carbonyl (C=O) groups excluding carboxylic acids is 1. The van der Waals surface area contributed by atoms with Crippen LogP contribution in [0.15, 0.2) is 18.2 Å². The van der Waals surface area contributed by atoms with Crippen molar-refractivity contribution in [2.45, 2.75) is 25.8 Å². The van der Waals surface area contributed by atoms with Gasteiger partial charge >= 0.3 is 5.97 Å². The number of amides is 1. The molecular weight excluding hydrogens is 246 g/mol. The first kappa shape index (κ1) is 13.4. The number of aromatic carboxylic acids is 1. The number of carbonyl (C=O) groups is 2. The lowest BCUT2D eigenvalue weighted by Crippen LogP contribution is -2.33. The van der Waals surface area contributed by atoms with E-state index in [0.29, 0.717) is 11.8 Å². The van der Waals surface area contributed by atoms with Gasteiger partial charge in [0.15, 0.2) is 6.61 Å². The maximum Gasteiger partial charge on any atom is 0.335 e. The van der Waals surface area contributed by atoms with Gasteiger partial charge in [-0.25, -0.2) is 4.79 Å². The van der Waals surface area contributed by atoms with Crippen LogP contribution < -0.4 is 4.74 Å². The van der Waals surface area contributed by atoms with E-state index in [0.717, 1.165) is 18.4 Å². The van der Waals surface area contributed by atoms with Crippen molar-refractivity contribution in [1.82, 2.24) is 4.90 Å². The first-order chi connectivity index (χ1) is 8.99. The number of hydrogen-bond donors (Lipinski definition) is 1. The fraction of sp³-hybridized carbons (Fsp3) is 0.429. The van der Waals surface area contributed by atoms with Crippen molar-refractivity contribution in [3.8, 4) is 5.75 Å². The zero-order chi connectivity index (χ0) is 14.0. The summed E-state index contributed by atoms with van der Waals surface area (Å²) >= 11 is 0. The maximum atomic E-state index is 11.8. The zero-order valence-corrected chi connectivity index (χ0v) is 11.0. The number of carboxylic acid groups (broad SMARTS) is 1. The highest BCUT2D eigenvalue weighted by Gasteiger charge is 2.29. The molecule has 0 bridgehead atoms. The Bertz CT molecular complexity index is 508. The molecule has 5 nitrogen and oxygen atoms in total. The normalized spacial score (nSPS) is 14.0. The van der Waals surface area contributed by atoms with Crippen molar-refractivity contribution in [1.29, 1.82) is 0 Å². The van der Waals surface area contributed by atoms with Gasteiger partial charge in [-0.05, 0) is 37.5 Å². The summed E-state index contributed by atoms with van der Waals surface area (Å²) in [4.78, 5) is 24.4. The van der Waals surface area contributed by atoms with Gasteiger partial charge in [0.05, 0.1) is 5.56 Å². The monoisotopic (exact) mass is 263 g/mol. The summed E-state index contributed by atoms with van der Waals surface area (Å²) in [5.74, 6) is -0.647. The predicted molar refractivity (Wildman–Crippen MR) is 69.4 cm³/mol. The number of nitrogens with zero attached hydrogens (tertiary/aromatic N) is 1. The average molecular weight is 263 g/mol. The highest BCUT2D eigenvalue weighted by atomic mass is 16.5. The number of rotatable bonds is 5. The number of ether oxygens (including phenoxy) is 1. The van der Waals surface area contributed by atoms with Crippen molar-refractivity contribution in [3.05, 3.63) is 29.3 Å². The molecule has 1 N–H and O–H groups in total. The predicted octanol–water partition coefficient (Wildman–Crippen LogP) is 1.69. The highest BCUT2D eigenvalue weighted by molar-refractivity contribution is 5.88. The van der Waals surface area contributed by atoms with E-state index in [4.69, 9.17) is 9.84 Å². The zero-order valence-electron chi connectivity index (χ0n) is 11.0. The third-order valence-electron chi connectivity index (χ3n) is 3.27. The van der Waals surface area contributed by atoms with Gasteiger partial charge in [0.1, 0.15) is 5.75 Å². The van der Waals surface area contributed by atoms with Gasteiger partial charge in [-0.3, -0.25) is 4.79 Å². The third-order valence-corrected chi connectivity index (χ3v) is 3.27. The minimum Gasteiger partial charge on any atom is -0.483 e. The van der Waals surface area contributed by atoms with Crippen molar-refractivity contribution in [3.63, 3.8) is 0 Å². The van der Waals surface area contributed by atoms with Gasteiger partial charge < -0.3 is 14.7 Å². The van der Waals surface area contributed by atoms with Crippen LogP contribution in [-0.2, 0) is 4.79 Å². The van der Waals surface area contributed by atoms with Crippen LogP contribution in [0, 0.1) is 6.92 Å². The largest absolute Gasteiger partial charge is 0.483 e. The second-order valence-corrected chi connectivity index (χ2v) is 4.81. The molecule has 0 heterocycles. The van der Waals surface area contributed by atoms with Gasteiger partial charge in [0, 0.05) is 13.1 Å². The first-order valence-electron chi connectivity index (χ1n) is 6.21. The maximum absolute atomic E-state index is 11.8. The molecule has 0 radical (unpaired) electrons. The van der Waals surface area contributed by atoms with Crippen LogP contribution >= 0.6 is 0 Å². The van der Waals surface area contributed by atoms with Crippen molar-refractivity contribution in [2.75, 3.05) is 13.7 Å². The quantitative estimate of drug-likeness (QED) is 0.878. The molecule has 0 spiro atoms. The lowest BCUT2D eigenvalue weighted by Gasteiger charge is -2.17. The SMILES string of the molecule is Cc1ccc(C(=O)O)cc1OCC(=O)N(C)C1CC1. The molecule has 1 saturated carbocycles. The number of carboxylic acids is 1. The molecule has 19 heavy (non-hydrogen) atoms. The second kappa shape index (κ2) is 5.30. The summed E-state index contributed by atoms with van der Waals surface area (Å²) in [6, 6.07) is 4.99. The minimum atomic E-state index is -1.01. The molecule has 0 saturated heterocycles. The Hall–Kier alpha value is -2.04. The van der Waals surface area contributed by atoms with Crippen molar-refractivity contribution in [2.24, 2.45) is 0 Å². The molecule has 0 atom stereocenters. The molecule has 0 aliphatic heterocycles. The lowest BCUT2D eigenvalue weighted by atomic mass is 10.1. The van der Waals surface area contributed by atoms with Crippen molar-refractivity contribution >= 4 is 11.9 Å². The number of aryl methyl sites for hydroxylation is 1. The third kappa shape index (κ3) is 3.24. The minimum absolute atomic E-state index is 0.0586. The van der Waals surface area contributed by atoms with Gasteiger partial charge in [-0.1, -0.05) is 6.07 Å². The topological polar surface area (TPSA) is 66.8 Å². The average Bonchev–Trinajstić information content (AvgIpc) is 3.20. The number of benzene rings is 1. The Labute approximate surface area is 111 Å². The van der Waals surface area contributed by atoms with E-state index in [-0.39, 0.29) is 18.1 Å². The fourth-order valence-electron chi connectivity index (χ4n) is 1.80. The van der Waals surface area contributed by atoms with E-state index in [2.05, 4.69) is 0 Å². The van der Waals surface area contributed by atoms with Crippen LogP contribution in [0.2, 0.25) is 0 Å². The summed E-state index contributed by atoms with van der Waals surface area (Å²) in [7, 11) is 1.77. The second-order valence-electron chi connectivity index (χ2n) is 4.81. The molecule has 0 unspecified atom stereocenters. The number of hydrogen-bond acceptors (Lipinski definition) is 3. The van der Waals surface area contributed by atoms with Crippen LogP contribution in [0.3, 0.4) is 0 Å². The van der Waals surface area contributed by atoms with Crippen LogP contribution in [-0.4, -0.2) is 41.6 Å². The molecule has 0 aromatic heterocycles. The lowest BCUT2D eigenvalue weighted by molar-refractivity contribution is -0.132. The molecule has 1 fully saturated rings. The van der Waals surface area contributed by atoms with Crippen LogP contribution in [0.4, 0.5) is 0 Å². The van der Waals surface area contributed by atoms with E-state index < -0.39 is 5.97 Å². The molecule has 5 heteroatoms. The summed E-state index contributed by atoms with van der Waals surface area (Å²) < 4.78 is 5.43. The van der Waals surface area contributed by atoms with E-state index in [1.54, 1.807) is 18.0 Å². The Balaban J connectivity index is 2.00. The molecule has 1 aliphatic rings. The van der Waals surface area contributed by atoms with Crippen LogP contribution in [0.1, 0.15) is 28.8 Å². The van der Waals surface area contributed by atoms with Gasteiger partial charge in [0.2, 0.25) is 0 Å². The summed E-state index contributed by atoms with van der Waals surface area (Å²) in [6.07, 6.45) is 2.10. The van der Waals surface area contributed by atoms with Gasteiger partial charge in [-0.15, -0.1) is 0 Å². The van der Waals surface area contributed by atoms with E-state index >= 15 is 0 Å². The smallest absolute Gasteiger partial charge is 0.335 e. The molecule has 2 rings (SSSR count). The van der Waals surface area contributed by atoms with Crippen molar-refractivity contribution < 1.29 is 19.4 Å². The molecular formula is C14H17NO4. The summed E-state index contributed by atoms with van der Waals surface area (Å²) in [6.45, 7) is 1.76. The van der Waals surface area contributed by atoms with Crippen LogP contribution in [0.25, 0.3) is 0 Å². The summed E-state index contributed by atoms with van der Waals surface area (Å²) in [5, 5.41) is 8.92. The first-order valence-corrected chi connectivity index (χ1v) is 6.21. The Morgan fingerprint density at radius 1 is 1.42 bits per heavy atom. The molecule has 1 aromatic rings. The van der Waals surface area contributed by atoms with E-state index in [1.807, 2.05) is 6.92 Å². The van der Waals surface area contributed by atoms with E-state index in [1.165, 1.54) is 12.1 Å². The summed E-state index contributed by atoms with van der Waals surface area (Å²) in [5.41, 5.74) is 0.968. The standard InChI is InChI=1S/C14H17NO4/c1-9-3-4-10(14(17)18)7-12(9)19-8-13(16)15(2)11-5-6-11/h3-4,7,11H,5-6,8H2,1-2H3,(H,17,18). The highest BCUT2D eigenvalue weighted by Crippen LogP contribution is 2.25. The van der Waals surface area contributed by atoms with Gasteiger partial charge in [-0.2, -0.15) is 0 Å². The Morgan fingerprint density at radius 3 is 2.68 bits per heavy atom. The molecule has 1 amide bonds. The van der Waals surface area contributed by atoms with E-state index in [9.17, 15) is 9.59 Å². The fourth-order valence-corrected chi connectivity index (χ4v) is 1.80. The molecule has 102 valence electrons. The molecule has 1 aliphatic carbocycles. The van der Waals surface area contributed by atoms with Crippen LogP contribution in [0.5, 0.6) is 5.75 Å². The Morgan fingerprint density at radius 2 is 2.11 bits per heavy atom.